The van der Waals surface area contributed by atoms with Crippen LogP contribution in [0.15, 0.2) is 41.6 Å². The molecule has 1 aromatic heterocycles. The van der Waals surface area contributed by atoms with E-state index in [0.29, 0.717) is 24.3 Å². The minimum atomic E-state index is -4.85. The minimum Gasteiger partial charge on any atom is -0.317 e. The van der Waals surface area contributed by atoms with Crippen LogP contribution in [-0.4, -0.2) is 30.9 Å². The Kier molecular flexibility index (Phi) is 6.41. The Bertz CT molecular complexity index is 1280. The van der Waals surface area contributed by atoms with Crippen molar-refractivity contribution in [1.29, 1.82) is 0 Å². The van der Waals surface area contributed by atoms with Gasteiger partial charge in [0.1, 0.15) is 11.4 Å². The number of hydrogen-bond acceptors (Lipinski definition) is 8. The Labute approximate surface area is 188 Å². The highest BCUT2D eigenvalue weighted by Gasteiger charge is 2.35. The van der Waals surface area contributed by atoms with E-state index in [9.17, 15) is 46.6 Å². The molecule has 0 fully saturated rings. The number of nitrogens with zero attached hydrogens (tertiary/aromatic N) is 5. The van der Waals surface area contributed by atoms with Crippen molar-refractivity contribution < 1.29 is 36.2 Å². The zero-order valence-electron chi connectivity index (χ0n) is 16.5. The molecule has 0 radical (unpaired) electrons. The van der Waals surface area contributed by atoms with Gasteiger partial charge in [0, 0.05) is 12.1 Å². The molecule has 17 heteroatoms. The first-order valence-electron chi connectivity index (χ1n) is 8.72. The number of nitro groups is 2. The summed E-state index contributed by atoms with van der Waals surface area (Å²) in [6, 6.07) is 3.38. The summed E-state index contributed by atoms with van der Waals surface area (Å²) < 4.78 is 78.4. The van der Waals surface area contributed by atoms with Gasteiger partial charge in [0.2, 0.25) is 5.95 Å². The standard InChI is InChI=1S/C17H10F6N6O4S/c1-34-15-25-14(24-10-4-2-8(16(18,19)20)6-12(10)28(30)31)26-27(15)11-5-3-9(17(21,22)23)7-13(11)29(32)33/h2-7H,1H3,(H,24,26). The predicted molar refractivity (Wildman–Crippen MR) is 106 cm³/mol. The van der Waals surface area contributed by atoms with Gasteiger partial charge in [-0.15, -0.1) is 5.10 Å². The van der Waals surface area contributed by atoms with E-state index in [4.69, 9.17) is 0 Å². The zero-order valence-corrected chi connectivity index (χ0v) is 17.3. The number of benzene rings is 2. The topological polar surface area (TPSA) is 129 Å². The summed E-state index contributed by atoms with van der Waals surface area (Å²) in [5.41, 5.74) is -5.23. The van der Waals surface area contributed by atoms with E-state index in [0.717, 1.165) is 28.6 Å². The molecule has 34 heavy (non-hydrogen) atoms. The molecule has 0 unspecified atom stereocenters. The van der Waals surface area contributed by atoms with Crippen molar-refractivity contribution in [1.82, 2.24) is 14.8 Å². The molecule has 0 bridgehead atoms. The van der Waals surface area contributed by atoms with Crippen LogP contribution in [0.25, 0.3) is 5.69 Å². The van der Waals surface area contributed by atoms with Gasteiger partial charge in [-0.05, 0) is 30.5 Å². The largest absolute Gasteiger partial charge is 0.416 e. The molecule has 0 aliphatic heterocycles. The van der Waals surface area contributed by atoms with Crippen molar-refractivity contribution in [3.05, 3.63) is 67.8 Å². The molecule has 0 aliphatic rings. The number of halogens is 6. The number of rotatable bonds is 6. The van der Waals surface area contributed by atoms with Crippen LogP contribution in [0.1, 0.15) is 11.1 Å². The first-order chi connectivity index (χ1) is 15.7. The number of hydrogen-bond donors (Lipinski definition) is 1. The van der Waals surface area contributed by atoms with Crippen molar-refractivity contribution in [3.8, 4) is 5.69 Å². The number of nitro benzene ring substituents is 2. The molecule has 0 atom stereocenters. The second kappa shape index (κ2) is 8.81. The lowest BCUT2D eigenvalue weighted by atomic mass is 10.1. The van der Waals surface area contributed by atoms with E-state index in [1.165, 1.54) is 6.26 Å². The first kappa shape index (κ1) is 24.7. The maximum Gasteiger partial charge on any atom is 0.416 e. The third-order valence-corrected chi connectivity index (χ3v) is 4.89. The number of thioether (sulfide) groups is 1. The first-order valence-corrected chi connectivity index (χ1v) is 9.94. The van der Waals surface area contributed by atoms with Crippen LogP contribution in [-0.2, 0) is 12.4 Å². The van der Waals surface area contributed by atoms with Crippen molar-refractivity contribution in [3.63, 3.8) is 0 Å². The molecule has 2 aromatic carbocycles. The average Bonchev–Trinajstić information content (AvgIpc) is 3.14. The van der Waals surface area contributed by atoms with Gasteiger partial charge >= 0.3 is 12.4 Å². The van der Waals surface area contributed by atoms with Crippen LogP contribution < -0.4 is 5.32 Å². The minimum absolute atomic E-state index is 0.0556. The maximum absolute atomic E-state index is 13.0. The van der Waals surface area contributed by atoms with Crippen molar-refractivity contribution in [2.45, 2.75) is 17.5 Å². The highest BCUT2D eigenvalue weighted by atomic mass is 32.2. The molecule has 3 rings (SSSR count). The molecule has 1 heterocycles. The van der Waals surface area contributed by atoms with E-state index in [2.05, 4.69) is 15.4 Å². The second-order valence-corrected chi connectivity index (χ2v) is 7.18. The average molecular weight is 508 g/mol. The lowest BCUT2D eigenvalue weighted by Gasteiger charge is -2.10. The Hall–Kier alpha value is -3.89. The third-order valence-electron chi connectivity index (χ3n) is 4.26. The smallest absolute Gasteiger partial charge is 0.317 e. The van der Waals surface area contributed by atoms with E-state index in [-0.39, 0.29) is 10.8 Å². The zero-order chi connectivity index (χ0) is 25.4. The summed E-state index contributed by atoms with van der Waals surface area (Å²) in [5.74, 6) is -0.401. The van der Waals surface area contributed by atoms with Crippen LogP contribution in [0.3, 0.4) is 0 Å². The van der Waals surface area contributed by atoms with E-state index in [1.807, 2.05) is 0 Å². The summed E-state index contributed by atoms with van der Waals surface area (Å²) in [6.45, 7) is 0. The van der Waals surface area contributed by atoms with Gasteiger partial charge in [0.25, 0.3) is 11.4 Å². The SMILES string of the molecule is CSc1nc(Nc2ccc(C(F)(F)F)cc2[N+](=O)[O-])nn1-c1ccc(C(F)(F)F)cc1[N+](=O)[O-]. The highest BCUT2D eigenvalue weighted by molar-refractivity contribution is 7.98. The fourth-order valence-corrected chi connectivity index (χ4v) is 3.24. The number of nitrogens with one attached hydrogen (secondary N) is 1. The summed E-state index contributed by atoms with van der Waals surface area (Å²) in [5, 5.41) is 28.9. The lowest BCUT2D eigenvalue weighted by Crippen LogP contribution is -2.09. The normalized spacial score (nSPS) is 12.0. The van der Waals surface area contributed by atoms with E-state index < -0.39 is 56.3 Å². The van der Waals surface area contributed by atoms with Crippen LogP contribution in [0.2, 0.25) is 0 Å². The maximum atomic E-state index is 13.0. The highest BCUT2D eigenvalue weighted by Crippen LogP contribution is 2.37. The molecule has 180 valence electrons. The molecule has 0 aliphatic carbocycles. The van der Waals surface area contributed by atoms with Gasteiger partial charge in [0.15, 0.2) is 5.16 Å². The quantitative estimate of drug-likeness (QED) is 0.198. The van der Waals surface area contributed by atoms with Crippen LogP contribution in [0, 0.1) is 20.2 Å². The molecule has 3 aromatic rings. The molecule has 0 saturated heterocycles. The lowest BCUT2D eigenvalue weighted by molar-refractivity contribution is -0.384. The molecule has 10 nitrogen and oxygen atoms in total. The van der Waals surface area contributed by atoms with Gasteiger partial charge < -0.3 is 5.32 Å². The van der Waals surface area contributed by atoms with Gasteiger partial charge in [-0.3, -0.25) is 20.2 Å². The predicted octanol–water partition coefficient (Wildman–Crippen LogP) is 5.59. The van der Waals surface area contributed by atoms with Gasteiger partial charge in [-0.2, -0.15) is 36.0 Å². The molecular weight excluding hydrogens is 498 g/mol. The van der Waals surface area contributed by atoms with Crippen LogP contribution in [0.4, 0.5) is 49.4 Å². The fourth-order valence-electron chi connectivity index (χ4n) is 2.75. The summed E-state index contributed by atoms with van der Waals surface area (Å²) in [6.07, 6.45) is -8.21. The summed E-state index contributed by atoms with van der Waals surface area (Å²) in [4.78, 5) is 24.5. The molecule has 0 amide bonds. The monoisotopic (exact) mass is 508 g/mol. The van der Waals surface area contributed by atoms with E-state index in [1.54, 1.807) is 0 Å². The Morgan fingerprint density at radius 3 is 1.94 bits per heavy atom. The van der Waals surface area contributed by atoms with Crippen molar-refractivity contribution in [2.75, 3.05) is 11.6 Å². The number of anilines is 2. The van der Waals surface area contributed by atoms with Gasteiger partial charge in [-0.25, -0.2) is 0 Å². The molecule has 0 spiro atoms. The number of aromatic nitrogens is 3. The Morgan fingerprint density at radius 2 is 1.44 bits per heavy atom. The summed E-state index contributed by atoms with van der Waals surface area (Å²) in [7, 11) is 0. The Morgan fingerprint density at radius 1 is 0.912 bits per heavy atom. The van der Waals surface area contributed by atoms with Crippen molar-refractivity contribution >= 4 is 34.8 Å². The number of alkyl halides is 6. The summed E-state index contributed by atoms with van der Waals surface area (Å²) >= 11 is 0.890. The fraction of sp³-hybridized carbons (Fsp3) is 0.176. The molecular formula is C17H10F6N6O4S. The van der Waals surface area contributed by atoms with E-state index >= 15 is 0 Å². The van der Waals surface area contributed by atoms with Crippen LogP contribution >= 0.6 is 11.8 Å². The van der Waals surface area contributed by atoms with Gasteiger partial charge in [-0.1, -0.05) is 11.8 Å². The van der Waals surface area contributed by atoms with Crippen LogP contribution in [0.5, 0.6) is 0 Å². The van der Waals surface area contributed by atoms with Crippen molar-refractivity contribution in [2.24, 2.45) is 0 Å². The second-order valence-electron chi connectivity index (χ2n) is 6.40. The molecule has 0 saturated carbocycles. The van der Waals surface area contributed by atoms with Gasteiger partial charge in [0.05, 0.1) is 21.0 Å². The molecule has 1 N–H and O–H groups in total. The Balaban J connectivity index is 2.07. The third kappa shape index (κ3) is 5.03.